The number of unbranched alkanes of at least 4 members (excludes halogenated alkanes) is 1. The molecule has 0 spiro atoms. The van der Waals surface area contributed by atoms with Crippen LogP contribution in [0.25, 0.3) is 0 Å². The molecule has 1 N–H and O–H groups in total. The van der Waals surface area contributed by atoms with Gasteiger partial charge in [0.25, 0.3) is 0 Å². The molecular formula is C17H25N. The summed E-state index contributed by atoms with van der Waals surface area (Å²) in [4.78, 5) is 0. The first-order chi connectivity index (χ1) is 8.86. The molecule has 2 aliphatic carbocycles. The SMILES string of the molecule is CCCCc1ccc(NC2CCCC3CC32)cc1. The van der Waals surface area contributed by atoms with Gasteiger partial charge in [0.2, 0.25) is 0 Å². The molecule has 1 heteroatoms. The van der Waals surface area contributed by atoms with Gasteiger partial charge in [-0.15, -0.1) is 0 Å². The maximum Gasteiger partial charge on any atom is 0.0342 e. The Morgan fingerprint density at radius 2 is 2.00 bits per heavy atom. The van der Waals surface area contributed by atoms with Gasteiger partial charge in [-0.1, -0.05) is 38.3 Å². The normalized spacial score (nSPS) is 29.7. The second-order valence-corrected chi connectivity index (χ2v) is 6.14. The molecule has 0 aromatic heterocycles. The minimum absolute atomic E-state index is 0.755. The zero-order chi connectivity index (χ0) is 12.4. The fourth-order valence-electron chi connectivity index (χ4n) is 3.45. The molecule has 0 aliphatic heterocycles. The van der Waals surface area contributed by atoms with Crippen LogP contribution in [0.1, 0.15) is 51.0 Å². The Kier molecular flexibility index (Phi) is 3.58. The molecule has 1 aromatic rings. The predicted octanol–water partition coefficient (Wildman–Crippen LogP) is 4.63. The molecule has 0 heterocycles. The van der Waals surface area contributed by atoms with Gasteiger partial charge in [-0.3, -0.25) is 0 Å². The van der Waals surface area contributed by atoms with Crippen molar-refractivity contribution in [3.8, 4) is 0 Å². The molecule has 1 nitrogen and oxygen atoms in total. The van der Waals surface area contributed by atoms with Gasteiger partial charge in [0.15, 0.2) is 0 Å². The Hall–Kier alpha value is -0.980. The zero-order valence-electron chi connectivity index (χ0n) is 11.5. The molecule has 3 atom stereocenters. The molecule has 3 unspecified atom stereocenters. The third kappa shape index (κ3) is 2.71. The molecule has 0 amide bonds. The molecule has 0 radical (unpaired) electrons. The maximum absolute atomic E-state index is 3.76. The first kappa shape index (κ1) is 12.1. The predicted molar refractivity (Wildman–Crippen MR) is 77.9 cm³/mol. The molecule has 0 saturated heterocycles. The highest BCUT2D eigenvalue weighted by Crippen LogP contribution is 2.50. The lowest BCUT2D eigenvalue weighted by atomic mass is 9.95. The van der Waals surface area contributed by atoms with Crippen LogP contribution in [0.3, 0.4) is 0 Å². The number of rotatable bonds is 5. The van der Waals surface area contributed by atoms with Gasteiger partial charge >= 0.3 is 0 Å². The Labute approximate surface area is 111 Å². The van der Waals surface area contributed by atoms with Crippen molar-refractivity contribution < 1.29 is 0 Å². The van der Waals surface area contributed by atoms with E-state index < -0.39 is 0 Å². The van der Waals surface area contributed by atoms with E-state index in [1.54, 1.807) is 0 Å². The van der Waals surface area contributed by atoms with Crippen LogP contribution < -0.4 is 5.32 Å². The van der Waals surface area contributed by atoms with Crippen molar-refractivity contribution in [3.05, 3.63) is 29.8 Å². The summed E-state index contributed by atoms with van der Waals surface area (Å²) in [6.07, 6.45) is 9.58. The molecular weight excluding hydrogens is 218 g/mol. The van der Waals surface area contributed by atoms with Gasteiger partial charge in [-0.25, -0.2) is 0 Å². The highest BCUT2D eigenvalue weighted by molar-refractivity contribution is 5.46. The van der Waals surface area contributed by atoms with Crippen LogP contribution in [0.2, 0.25) is 0 Å². The van der Waals surface area contributed by atoms with Crippen molar-refractivity contribution >= 4 is 5.69 Å². The number of hydrogen-bond donors (Lipinski definition) is 1. The Bertz CT molecular complexity index is 381. The molecule has 2 fully saturated rings. The third-order valence-corrected chi connectivity index (χ3v) is 4.71. The lowest BCUT2D eigenvalue weighted by Gasteiger charge is -2.23. The fourth-order valence-corrected chi connectivity index (χ4v) is 3.45. The van der Waals surface area contributed by atoms with E-state index >= 15 is 0 Å². The van der Waals surface area contributed by atoms with Crippen molar-refractivity contribution in [2.45, 2.75) is 57.9 Å². The maximum atomic E-state index is 3.76. The average molecular weight is 243 g/mol. The molecule has 0 bridgehead atoms. The summed E-state index contributed by atoms with van der Waals surface area (Å²) in [5.74, 6) is 2.04. The standard InChI is InChI=1S/C17H25N/c1-2-3-5-13-8-10-15(11-9-13)18-17-7-4-6-14-12-16(14)17/h8-11,14,16-18H,2-7,12H2,1H3. The minimum atomic E-state index is 0.755. The first-order valence-electron chi connectivity index (χ1n) is 7.72. The minimum Gasteiger partial charge on any atom is -0.382 e. The van der Waals surface area contributed by atoms with Crippen molar-refractivity contribution in [1.29, 1.82) is 0 Å². The van der Waals surface area contributed by atoms with Gasteiger partial charge in [0.05, 0.1) is 0 Å². The molecule has 3 rings (SSSR count). The average Bonchev–Trinajstić information content (AvgIpc) is 3.18. The lowest BCUT2D eigenvalue weighted by Crippen LogP contribution is -2.25. The molecule has 18 heavy (non-hydrogen) atoms. The zero-order valence-corrected chi connectivity index (χ0v) is 11.5. The highest BCUT2D eigenvalue weighted by atomic mass is 14.9. The molecule has 1 aromatic carbocycles. The summed E-state index contributed by atoms with van der Waals surface area (Å²) in [6.45, 7) is 2.26. The number of aryl methyl sites for hydroxylation is 1. The number of nitrogens with one attached hydrogen (secondary N) is 1. The summed E-state index contributed by atoms with van der Waals surface area (Å²) >= 11 is 0. The molecule has 2 saturated carbocycles. The Morgan fingerprint density at radius 1 is 1.17 bits per heavy atom. The van der Waals surface area contributed by atoms with E-state index in [0.29, 0.717) is 0 Å². The van der Waals surface area contributed by atoms with Crippen molar-refractivity contribution in [1.82, 2.24) is 0 Å². The number of benzene rings is 1. The summed E-state index contributed by atoms with van der Waals surface area (Å²) in [5, 5.41) is 3.76. The quantitative estimate of drug-likeness (QED) is 0.795. The first-order valence-corrected chi connectivity index (χ1v) is 7.72. The van der Waals surface area contributed by atoms with Gasteiger partial charge in [-0.2, -0.15) is 0 Å². The third-order valence-electron chi connectivity index (χ3n) is 4.71. The highest BCUT2D eigenvalue weighted by Gasteiger charge is 2.44. The largest absolute Gasteiger partial charge is 0.382 e. The van der Waals surface area contributed by atoms with E-state index in [1.165, 1.54) is 56.2 Å². The van der Waals surface area contributed by atoms with E-state index in [2.05, 4.69) is 36.5 Å². The Morgan fingerprint density at radius 3 is 2.78 bits per heavy atom. The van der Waals surface area contributed by atoms with E-state index in [-0.39, 0.29) is 0 Å². The van der Waals surface area contributed by atoms with Gasteiger partial charge in [0, 0.05) is 11.7 Å². The second kappa shape index (κ2) is 5.34. The second-order valence-electron chi connectivity index (χ2n) is 6.14. The molecule has 98 valence electrons. The van der Waals surface area contributed by atoms with Crippen molar-refractivity contribution in [2.24, 2.45) is 11.8 Å². The van der Waals surface area contributed by atoms with Crippen LogP contribution in [0.15, 0.2) is 24.3 Å². The fraction of sp³-hybridized carbons (Fsp3) is 0.647. The molecule has 2 aliphatic rings. The monoisotopic (exact) mass is 243 g/mol. The summed E-state index contributed by atoms with van der Waals surface area (Å²) in [5.41, 5.74) is 2.81. The van der Waals surface area contributed by atoms with Gasteiger partial charge in [-0.05, 0) is 55.2 Å². The van der Waals surface area contributed by atoms with Crippen LogP contribution in [0.5, 0.6) is 0 Å². The van der Waals surface area contributed by atoms with Crippen LogP contribution >= 0.6 is 0 Å². The Balaban J connectivity index is 1.56. The van der Waals surface area contributed by atoms with E-state index in [0.717, 1.165) is 17.9 Å². The number of anilines is 1. The number of fused-ring (bicyclic) bond motifs is 1. The van der Waals surface area contributed by atoms with E-state index in [1.807, 2.05) is 0 Å². The van der Waals surface area contributed by atoms with Crippen molar-refractivity contribution in [3.63, 3.8) is 0 Å². The van der Waals surface area contributed by atoms with E-state index in [4.69, 9.17) is 0 Å². The van der Waals surface area contributed by atoms with Gasteiger partial charge in [0.1, 0.15) is 0 Å². The number of hydrogen-bond acceptors (Lipinski definition) is 1. The summed E-state index contributed by atoms with van der Waals surface area (Å²) in [7, 11) is 0. The van der Waals surface area contributed by atoms with E-state index in [9.17, 15) is 0 Å². The van der Waals surface area contributed by atoms with Crippen LogP contribution in [-0.4, -0.2) is 6.04 Å². The smallest absolute Gasteiger partial charge is 0.0342 e. The summed E-state index contributed by atoms with van der Waals surface area (Å²) < 4.78 is 0. The van der Waals surface area contributed by atoms with Gasteiger partial charge < -0.3 is 5.32 Å². The lowest BCUT2D eigenvalue weighted by molar-refractivity contribution is 0.440. The van der Waals surface area contributed by atoms with Crippen LogP contribution in [-0.2, 0) is 6.42 Å². The topological polar surface area (TPSA) is 12.0 Å². The summed E-state index contributed by atoms with van der Waals surface area (Å²) in [6, 6.07) is 9.90. The van der Waals surface area contributed by atoms with Crippen LogP contribution in [0.4, 0.5) is 5.69 Å². The van der Waals surface area contributed by atoms with Crippen molar-refractivity contribution in [2.75, 3.05) is 5.32 Å². The van der Waals surface area contributed by atoms with Crippen LogP contribution in [0, 0.1) is 11.8 Å².